The van der Waals surface area contributed by atoms with E-state index in [1.165, 1.54) is 29.2 Å². The van der Waals surface area contributed by atoms with E-state index in [1.54, 1.807) is 18.2 Å². The minimum absolute atomic E-state index is 0.280. The Hall–Kier alpha value is -3.02. The van der Waals surface area contributed by atoms with Crippen molar-refractivity contribution >= 4 is 17.7 Å². The SMILES string of the molecule is CCCCN1C(=O)c2ccc(C(=O)NCCc3ccc(F)cc3)cc2C1=O. The number of imide groups is 1. The fourth-order valence-corrected chi connectivity index (χ4v) is 3.02. The average Bonchev–Trinajstić information content (AvgIpc) is 2.91. The molecule has 0 atom stereocenters. The Bertz CT molecular complexity index is 877. The summed E-state index contributed by atoms with van der Waals surface area (Å²) < 4.78 is 12.9. The number of halogens is 1. The molecule has 0 aliphatic carbocycles. The third kappa shape index (κ3) is 4.05. The molecule has 2 aromatic rings. The quantitative estimate of drug-likeness (QED) is 0.763. The zero-order valence-corrected chi connectivity index (χ0v) is 15.1. The van der Waals surface area contributed by atoms with Crippen molar-refractivity contribution in [2.75, 3.05) is 13.1 Å². The second-order valence-corrected chi connectivity index (χ2v) is 6.51. The van der Waals surface area contributed by atoms with Crippen LogP contribution in [0.5, 0.6) is 0 Å². The van der Waals surface area contributed by atoms with Gasteiger partial charge in [0.25, 0.3) is 17.7 Å². The predicted octanol–water partition coefficient (Wildman–Crippen LogP) is 3.19. The summed E-state index contributed by atoms with van der Waals surface area (Å²) in [4.78, 5) is 38.4. The number of nitrogens with zero attached hydrogens (tertiary/aromatic N) is 1. The molecule has 0 spiro atoms. The van der Waals surface area contributed by atoms with Crippen LogP contribution in [0.1, 0.15) is 56.4 Å². The van der Waals surface area contributed by atoms with E-state index in [1.807, 2.05) is 6.92 Å². The van der Waals surface area contributed by atoms with E-state index < -0.39 is 0 Å². The first-order valence-corrected chi connectivity index (χ1v) is 9.04. The molecule has 1 N–H and O–H groups in total. The summed E-state index contributed by atoms with van der Waals surface area (Å²) in [6.45, 7) is 2.77. The number of amides is 3. The van der Waals surface area contributed by atoms with Crippen LogP contribution in [0.15, 0.2) is 42.5 Å². The molecule has 3 amide bonds. The Morgan fingerprint density at radius 3 is 2.44 bits per heavy atom. The Morgan fingerprint density at radius 2 is 1.74 bits per heavy atom. The fourth-order valence-electron chi connectivity index (χ4n) is 3.02. The zero-order chi connectivity index (χ0) is 19.4. The minimum atomic E-state index is -0.343. The Labute approximate surface area is 157 Å². The van der Waals surface area contributed by atoms with Crippen LogP contribution in [0.3, 0.4) is 0 Å². The van der Waals surface area contributed by atoms with Crippen LogP contribution >= 0.6 is 0 Å². The number of nitrogens with one attached hydrogen (secondary N) is 1. The van der Waals surface area contributed by atoms with Crippen molar-refractivity contribution in [2.24, 2.45) is 0 Å². The second-order valence-electron chi connectivity index (χ2n) is 6.51. The van der Waals surface area contributed by atoms with Gasteiger partial charge in [-0.1, -0.05) is 25.5 Å². The van der Waals surface area contributed by atoms with Crippen LogP contribution in [-0.4, -0.2) is 35.7 Å². The highest BCUT2D eigenvalue weighted by molar-refractivity contribution is 6.22. The lowest BCUT2D eigenvalue weighted by atomic mass is 10.1. The third-order valence-corrected chi connectivity index (χ3v) is 4.58. The maximum Gasteiger partial charge on any atom is 0.261 e. The summed E-state index contributed by atoms with van der Waals surface area (Å²) in [5, 5.41) is 2.78. The predicted molar refractivity (Wildman–Crippen MR) is 99.2 cm³/mol. The van der Waals surface area contributed by atoms with Crippen molar-refractivity contribution < 1.29 is 18.8 Å². The van der Waals surface area contributed by atoms with Crippen LogP contribution < -0.4 is 5.32 Å². The van der Waals surface area contributed by atoms with E-state index in [9.17, 15) is 18.8 Å². The summed E-state index contributed by atoms with van der Waals surface area (Å²) in [5.41, 5.74) is 1.88. The maximum atomic E-state index is 12.9. The molecule has 3 rings (SSSR count). The molecule has 0 fully saturated rings. The molecule has 0 aromatic heterocycles. The third-order valence-electron chi connectivity index (χ3n) is 4.58. The van der Waals surface area contributed by atoms with Gasteiger partial charge in [-0.2, -0.15) is 0 Å². The molecule has 0 unspecified atom stereocenters. The van der Waals surface area contributed by atoms with Crippen molar-refractivity contribution in [1.82, 2.24) is 10.2 Å². The normalized spacial score (nSPS) is 13.0. The smallest absolute Gasteiger partial charge is 0.261 e. The molecule has 1 aliphatic rings. The van der Waals surface area contributed by atoms with E-state index in [0.29, 0.717) is 30.6 Å². The van der Waals surface area contributed by atoms with E-state index in [-0.39, 0.29) is 29.1 Å². The Morgan fingerprint density at radius 1 is 1.04 bits per heavy atom. The number of rotatable bonds is 7. The lowest BCUT2D eigenvalue weighted by Gasteiger charge is -2.12. The summed E-state index contributed by atoms with van der Waals surface area (Å²) >= 11 is 0. The highest BCUT2D eigenvalue weighted by Gasteiger charge is 2.35. The molecule has 5 nitrogen and oxygen atoms in total. The van der Waals surface area contributed by atoms with E-state index in [0.717, 1.165) is 18.4 Å². The van der Waals surface area contributed by atoms with Gasteiger partial charge < -0.3 is 5.32 Å². The highest BCUT2D eigenvalue weighted by atomic mass is 19.1. The molecule has 1 aliphatic heterocycles. The van der Waals surface area contributed by atoms with Crippen LogP contribution in [0.25, 0.3) is 0 Å². The molecular weight excluding hydrogens is 347 g/mol. The number of carbonyl (C=O) groups is 3. The summed E-state index contributed by atoms with van der Waals surface area (Å²) in [7, 11) is 0. The van der Waals surface area contributed by atoms with Crippen LogP contribution in [0.4, 0.5) is 4.39 Å². The van der Waals surface area contributed by atoms with Crippen molar-refractivity contribution in [2.45, 2.75) is 26.2 Å². The maximum absolute atomic E-state index is 12.9. The van der Waals surface area contributed by atoms with Crippen molar-refractivity contribution in [3.05, 3.63) is 70.5 Å². The Kier molecular flexibility index (Phi) is 5.64. The highest BCUT2D eigenvalue weighted by Crippen LogP contribution is 2.24. The van der Waals surface area contributed by atoms with E-state index >= 15 is 0 Å². The van der Waals surface area contributed by atoms with Gasteiger partial charge in [0.15, 0.2) is 0 Å². The van der Waals surface area contributed by atoms with Crippen molar-refractivity contribution in [3.63, 3.8) is 0 Å². The molecule has 0 saturated carbocycles. The topological polar surface area (TPSA) is 66.5 Å². The zero-order valence-electron chi connectivity index (χ0n) is 15.1. The van der Waals surface area contributed by atoms with Gasteiger partial charge in [-0.25, -0.2) is 4.39 Å². The number of hydrogen-bond donors (Lipinski definition) is 1. The average molecular weight is 368 g/mol. The van der Waals surface area contributed by atoms with Gasteiger partial charge in [-0.05, 0) is 48.7 Å². The largest absolute Gasteiger partial charge is 0.352 e. The number of unbranched alkanes of at least 4 members (excludes halogenated alkanes) is 1. The molecule has 1 heterocycles. The van der Waals surface area contributed by atoms with Crippen LogP contribution in [0, 0.1) is 5.82 Å². The lowest BCUT2D eigenvalue weighted by Crippen LogP contribution is -2.30. The second kappa shape index (κ2) is 8.12. The first-order valence-electron chi connectivity index (χ1n) is 9.04. The molecule has 27 heavy (non-hydrogen) atoms. The molecule has 0 saturated heterocycles. The molecule has 0 bridgehead atoms. The van der Waals surface area contributed by atoms with Crippen LogP contribution in [0.2, 0.25) is 0 Å². The molecule has 6 heteroatoms. The van der Waals surface area contributed by atoms with E-state index in [2.05, 4.69) is 5.32 Å². The van der Waals surface area contributed by atoms with Gasteiger partial charge in [-0.15, -0.1) is 0 Å². The fraction of sp³-hybridized carbons (Fsp3) is 0.286. The van der Waals surface area contributed by atoms with Gasteiger partial charge >= 0.3 is 0 Å². The van der Waals surface area contributed by atoms with Crippen LogP contribution in [-0.2, 0) is 6.42 Å². The van der Waals surface area contributed by atoms with Crippen molar-refractivity contribution in [1.29, 1.82) is 0 Å². The van der Waals surface area contributed by atoms with Gasteiger partial charge in [0.05, 0.1) is 11.1 Å². The van der Waals surface area contributed by atoms with E-state index in [4.69, 9.17) is 0 Å². The standard InChI is InChI=1S/C21H21FN2O3/c1-2-3-12-24-20(26)17-9-6-15(13-18(17)21(24)27)19(25)23-11-10-14-4-7-16(22)8-5-14/h4-9,13H,2-3,10-12H2,1H3,(H,23,25). The van der Waals surface area contributed by atoms with Gasteiger partial charge in [0.2, 0.25) is 0 Å². The molecule has 140 valence electrons. The number of hydrogen-bond acceptors (Lipinski definition) is 3. The van der Waals surface area contributed by atoms with Gasteiger partial charge in [0.1, 0.15) is 5.82 Å². The van der Waals surface area contributed by atoms with Gasteiger partial charge in [0, 0.05) is 18.7 Å². The monoisotopic (exact) mass is 368 g/mol. The molecule has 0 radical (unpaired) electrons. The van der Waals surface area contributed by atoms with Gasteiger partial charge in [-0.3, -0.25) is 19.3 Å². The Balaban J connectivity index is 1.64. The summed E-state index contributed by atoms with van der Waals surface area (Å²) in [5.74, 6) is -1.25. The molecule has 2 aromatic carbocycles. The lowest BCUT2D eigenvalue weighted by molar-refractivity contribution is 0.0652. The number of fused-ring (bicyclic) bond motifs is 1. The summed E-state index contributed by atoms with van der Waals surface area (Å²) in [6, 6.07) is 10.7. The number of benzene rings is 2. The first-order chi connectivity index (χ1) is 13.0. The molecular formula is C21H21FN2O3. The minimum Gasteiger partial charge on any atom is -0.352 e. The first kappa shape index (κ1) is 18.8. The summed E-state index contributed by atoms with van der Waals surface area (Å²) in [6.07, 6.45) is 2.20. The van der Waals surface area contributed by atoms with Crippen molar-refractivity contribution in [3.8, 4) is 0 Å². The number of carbonyl (C=O) groups excluding carboxylic acids is 3.